The number of hydrogen-bond acceptors (Lipinski definition) is 3. The van der Waals surface area contributed by atoms with E-state index in [4.69, 9.17) is 10.2 Å². The van der Waals surface area contributed by atoms with Crippen molar-refractivity contribution in [2.45, 2.75) is 13.0 Å². The van der Waals surface area contributed by atoms with Crippen LogP contribution in [-0.2, 0) is 13.0 Å². The average molecular weight is 267 g/mol. The maximum Gasteiger partial charge on any atom is 0.198 e. The molecule has 0 unspecified atom stereocenters. The molecule has 0 radical (unpaired) electrons. The summed E-state index contributed by atoms with van der Waals surface area (Å²) in [6, 6.07) is 8.01. The Hall–Kier alpha value is -1.13. The second kappa shape index (κ2) is 4.59. The fourth-order valence-electron chi connectivity index (χ4n) is 1.33. The van der Waals surface area contributed by atoms with Crippen LogP contribution in [-0.4, -0.2) is 4.98 Å². The SMILES string of the molecule is NCc1cnc(Cc2ccccc2Br)o1. The van der Waals surface area contributed by atoms with Crippen molar-refractivity contribution in [3.63, 3.8) is 0 Å². The summed E-state index contributed by atoms with van der Waals surface area (Å²) in [5, 5.41) is 0. The molecule has 0 saturated heterocycles. The third-order valence-corrected chi connectivity index (χ3v) is 2.88. The Balaban J connectivity index is 2.18. The predicted octanol–water partition coefficient (Wildman–Crippen LogP) is 2.49. The van der Waals surface area contributed by atoms with Gasteiger partial charge in [-0.15, -0.1) is 0 Å². The molecule has 78 valence electrons. The minimum Gasteiger partial charge on any atom is -0.444 e. The van der Waals surface area contributed by atoms with Crippen LogP contribution in [0.25, 0.3) is 0 Å². The van der Waals surface area contributed by atoms with Gasteiger partial charge in [-0.05, 0) is 11.6 Å². The lowest BCUT2D eigenvalue weighted by Crippen LogP contribution is -1.93. The van der Waals surface area contributed by atoms with Crippen molar-refractivity contribution in [3.05, 3.63) is 52.1 Å². The van der Waals surface area contributed by atoms with Gasteiger partial charge in [-0.25, -0.2) is 4.98 Å². The van der Waals surface area contributed by atoms with Crippen molar-refractivity contribution in [1.29, 1.82) is 0 Å². The van der Waals surface area contributed by atoms with E-state index in [1.54, 1.807) is 6.20 Å². The van der Waals surface area contributed by atoms with Gasteiger partial charge in [-0.1, -0.05) is 34.1 Å². The van der Waals surface area contributed by atoms with Gasteiger partial charge in [0, 0.05) is 4.47 Å². The van der Waals surface area contributed by atoms with Crippen molar-refractivity contribution in [2.24, 2.45) is 5.73 Å². The van der Waals surface area contributed by atoms with Crippen molar-refractivity contribution in [2.75, 3.05) is 0 Å². The summed E-state index contributed by atoms with van der Waals surface area (Å²) in [4.78, 5) is 4.16. The Kier molecular flexibility index (Phi) is 3.18. The zero-order valence-electron chi connectivity index (χ0n) is 8.11. The van der Waals surface area contributed by atoms with E-state index in [-0.39, 0.29) is 0 Å². The summed E-state index contributed by atoms with van der Waals surface area (Å²) in [5.74, 6) is 1.42. The van der Waals surface area contributed by atoms with Crippen LogP contribution in [0.15, 0.2) is 39.4 Å². The highest BCUT2D eigenvalue weighted by Crippen LogP contribution is 2.19. The molecule has 2 N–H and O–H groups in total. The van der Waals surface area contributed by atoms with E-state index in [0.717, 1.165) is 15.8 Å². The molecule has 0 amide bonds. The summed E-state index contributed by atoms with van der Waals surface area (Å²) in [6.45, 7) is 0.392. The lowest BCUT2D eigenvalue weighted by atomic mass is 10.1. The number of nitrogens with zero attached hydrogens (tertiary/aromatic N) is 1. The fourth-order valence-corrected chi connectivity index (χ4v) is 1.75. The average Bonchev–Trinajstić information content (AvgIpc) is 2.69. The number of benzene rings is 1. The van der Waals surface area contributed by atoms with E-state index >= 15 is 0 Å². The van der Waals surface area contributed by atoms with Crippen LogP contribution in [0.3, 0.4) is 0 Å². The van der Waals surface area contributed by atoms with Gasteiger partial charge in [0.05, 0.1) is 19.2 Å². The molecule has 0 aliphatic rings. The highest BCUT2D eigenvalue weighted by Gasteiger charge is 2.05. The molecule has 4 heteroatoms. The second-order valence-corrected chi connectivity index (χ2v) is 4.05. The Morgan fingerprint density at radius 3 is 2.80 bits per heavy atom. The molecule has 2 rings (SSSR count). The van der Waals surface area contributed by atoms with Crippen LogP contribution in [0.5, 0.6) is 0 Å². The van der Waals surface area contributed by atoms with Crippen LogP contribution in [0.2, 0.25) is 0 Å². The predicted molar refractivity (Wildman–Crippen MR) is 61.3 cm³/mol. The van der Waals surface area contributed by atoms with E-state index in [0.29, 0.717) is 18.9 Å². The molecular formula is C11H11BrN2O. The van der Waals surface area contributed by atoms with Crippen molar-refractivity contribution >= 4 is 15.9 Å². The second-order valence-electron chi connectivity index (χ2n) is 3.19. The Morgan fingerprint density at radius 1 is 1.33 bits per heavy atom. The van der Waals surface area contributed by atoms with E-state index in [2.05, 4.69) is 20.9 Å². The van der Waals surface area contributed by atoms with Gasteiger partial charge in [0.2, 0.25) is 0 Å². The molecule has 1 heterocycles. The molecule has 0 aliphatic carbocycles. The molecule has 3 nitrogen and oxygen atoms in total. The minimum absolute atomic E-state index is 0.392. The highest BCUT2D eigenvalue weighted by molar-refractivity contribution is 9.10. The monoisotopic (exact) mass is 266 g/mol. The number of halogens is 1. The number of oxazole rings is 1. The first-order valence-electron chi connectivity index (χ1n) is 4.66. The molecular weight excluding hydrogens is 256 g/mol. The smallest absolute Gasteiger partial charge is 0.198 e. The van der Waals surface area contributed by atoms with Crippen molar-refractivity contribution < 1.29 is 4.42 Å². The number of rotatable bonds is 3. The standard InChI is InChI=1S/C11H11BrN2O/c12-10-4-2-1-3-8(10)5-11-14-7-9(6-13)15-11/h1-4,7H,5-6,13H2. The van der Waals surface area contributed by atoms with E-state index < -0.39 is 0 Å². The first-order chi connectivity index (χ1) is 7.29. The number of nitrogens with two attached hydrogens (primary N) is 1. The zero-order valence-corrected chi connectivity index (χ0v) is 9.70. The number of aromatic nitrogens is 1. The van der Waals surface area contributed by atoms with Crippen molar-refractivity contribution in [1.82, 2.24) is 4.98 Å². The molecule has 15 heavy (non-hydrogen) atoms. The third kappa shape index (κ3) is 2.46. The minimum atomic E-state index is 0.392. The Labute approximate surface area is 96.4 Å². The molecule has 0 spiro atoms. The maximum atomic E-state index is 5.44. The van der Waals surface area contributed by atoms with Crippen LogP contribution in [0.1, 0.15) is 17.2 Å². The zero-order chi connectivity index (χ0) is 10.7. The summed E-state index contributed by atoms with van der Waals surface area (Å²) in [6.07, 6.45) is 2.35. The van der Waals surface area contributed by atoms with Gasteiger partial charge in [0.15, 0.2) is 5.89 Å². The topological polar surface area (TPSA) is 52.0 Å². The quantitative estimate of drug-likeness (QED) is 0.929. The Morgan fingerprint density at radius 2 is 2.13 bits per heavy atom. The van der Waals surface area contributed by atoms with E-state index in [1.165, 1.54) is 0 Å². The molecule has 0 bridgehead atoms. The first kappa shape index (κ1) is 10.4. The van der Waals surface area contributed by atoms with Crippen LogP contribution in [0, 0.1) is 0 Å². The van der Waals surface area contributed by atoms with Gasteiger partial charge in [0.1, 0.15) is 5.76 Å². The van der Waals surface area contributed by atoms with E-state index in [9.17, 15) is 0 Å². The van der Waals surface area contributed by atoms with Crippen LogP contribution < -0.4 is 5.73 Å². The molecule has 0 aliphatic heterocycles. The third-order valence-electron chi connectivity index (χ3n) is 2.10. The van der Waals surface area contributed by atoms with Crippen LogP contribution in [0.4, 0.5) is 0 Å². The normalized spacial score (nSPS) is 10.5. The van der Waals surface area contributed by atoms with Gasteiger partial charge in [0.25, 0.3) is 0 Å². The fraction of sp³-hybridized carbons (Fsp3) is 0.182. The van der Waals surface area contributed by atoms with Crippen LogP contribution >= 0.6 is 15.9 Å². The van der Waals surface area contributed by atoms with Gasteiger partial charge in [-0.3, -0.25) is 0 Å². The van der Waals surface area contributed by atoms with Crippen molar-refractivity contribution in [3.8, 4) is 0 Å². The summed E-state index contributed by atoms with van der Waals surface area (Å²) in [5.41, 5.74) is 6.60. The molecule has 2 aromatic rings. The first-order valence-corrected chi connectivity index (χ1v) is 5.46. The Bertz CT molecular complexity index is 453. The lowest BCUT2D eigenvalue weighted by molar-refractivity contribution is 0.465. The number of hydrogen-bond donors (Lipinski definition) is 1. The highest BCUT2D eigenvalue weighted by atomic mass is 79.9. The largest absolute Gasteiger partial charge is 0.444 e. The molecule has 1 aromatic heterocycles. The van der Waals surface area contributed by atoms with Gasteiger partial charge >= 0.3 is 0 Å². The maximum absolute atomic E-state index is 5.44. The molecule has 0 atom stereocenters. The molecule has 0 saturated carbocycles. The molecule has 1 aromatic carbocycles. The summed E-state index contributed by atoms with van der Waals surface area (Å²) in [7, 11) is 0. The summed E-state index contributed by atoms with van der Waals surface area (Å²) >= 11 is 3.48. The summed E-state index contributed by atoms with van der Waals surface area (Å²) < 4.78 is 6.50. The van der Waals surface area contributed by atoms with Gasteiger partial charge < -0.3 is 10.2 Å². The van der Waals surface area contributed by atoms with E-state index in [1.807, 2.05) is 24.3 Å². The molecule has 0 fully saturated rings. The van der Waals surface area contributed by atoms with Gasteiger partial charge in [-0.2, -0.15) is 0 Å². The lowest BCUT2D eigenvalue weighted by Gasteiger charge is -2.00.